The van der Waals surface area contributed by atoms with E-state index >= 15 is 0 Å². The van der Waals surface area contributed by atoms with Crippen LogP contribution in [0.2, 0.25) is 0 Å². The number of carbonyl (C=O) groups is 1. The lowest BCUT2D eigenvalue weighted by Crippen LogP contribution is -2.47. The number of aliphatic hydroxyl groups is 1. The highest BCUT2D eigenvalue weighted by atomic mass is 16.6. The highest BCUT2D eigenvalue weighted by Crippen LogP contribution is 2.07. The molecule has 5 heteroatoms. The Hall–Kier alpha value is -0.910. The second-order valence-corrected chi connectivity index (χ2v) is 5.80. The molecule has 0 saturated carbocycles. The van der Waals surface area contributed by atoms with Crippen LogP contribution in [0.5, 0.6) is 0 Å². The Labute approximate surface area is 115 Å². The number of ether oxygens (including phenoxy) is 1. The fraction of sp³-hybridized carbons (Fsp3) is 0.786. The summed E-state index contributed by atoms with van der Waals surface area (Å²) in [4.78, 5) is 16.0. The van der Waals surface area contributed by atoms with Crippen LogP contribution in [0, 0.1) is 0 Å². The molecule has 0 atom stereocenters. The summed E-state index contributed by atoms with van der Waals surface area (Å²) in [5.74, 6) is -0.286. The Morgan fingerprint density at radius 1 is 1.21 bits per heavy atom. The maximum absolute atomic E-state index is 11.5. The van der Waals surface area contributed by atoms with E-state index in [2.05, 4.69) is 9.80 Å². The molecule has 1 aliphatic rings. The lowest BCUT2D eigenvalue weighted by atomic mass is 10.2. The lowest BCUT2D eigenvalue weighted by molar-refractivity contribution is -0.148. The monoisotopic (exact) mass is 270 g/mol. The maximum atomic E-state index is 11.5. The molecule has 0 radical (unpaired) electrons. The average molecular weight is 270 g/mol. The molecule has 1 heterocycles. The van der Waals surface area contributed by atoms with E-state index in [9.17, 15) is 4.79 Å². The van der Waals surface area contributed by atoms with Crippen LogP contribution in [0.15, 0.2) is 12.2 Å². The molecule has 0 unspecified atom stereocenters. The van der Waals surface area contributed by atoms with Gasteiger partial charge >= 0.3 is 5.97 Å². The molecule has 1 fully saturated rings. The summed E-state index contributed by atoms with van der Waals surface area (Å²) in [6.45, 7) is 11.2. The number of esters is 1. The Morgan fingerprint density at radius 3 is 2.32 bits per heavy atom. The minimum absolute atomic E-state index is 0.221. The van der Waals surface area contributed by atoms with Crippen molar-refractivity contribution in [2.24, 2.45) is 0 Å². The Bertz CT molecular complexity index is 302. The van der Waals surface area contributed by atoms with Crippen LogP contribution in [0.1, 0.15) is 20.8 Å². The summed E-state index contributed by atoms with van der Waals surface area (Å²) in [5.41, 5.74) is -0.433. The van der Waals surface area contributed by atoms with Gasteiger partial charge in [-0.1, -0.05) is 6.08 Å². The molecule has 1 aliphatic heterocycles. The lowest BCUT2D eigenvalue weighted by Gasteiger charge is -2.33. The molecule has 0 spiro atoms. The number of rotatable bonds is 5. The van der Waals surface area contributed by atoms with Crippen LogP contribution in [-0.4, -0.2) is 72.4 Å². The van der Waals surface area contributed by atoms with E-state index < -0.39 is 5.60 Å². The number of nitrogens with zero attached hydrogens (tertiary/aromatic N) is 2. The largest absolute Gasteiger partial charge is 0.457 e. The van der Waals surface area contributed by atoms with E-state index in [0.717, 1.165) is 39.3 Å². The zero-order valence-corrected chi connectivity index (χ0v) is 12.3. The van der Waals surface area contributed by atoms with Crippen molar-refractivity contribution in [2.45, 2.75) is 26.4 Å². The van der Waals surface area contributed by atoms with Crippen molar-refractivity contribution in [1.82, 2.24) is 9.80 Å². The number of carbonyl (C=O) groups excluding carboxylic acids is 1. The van der Waals surface area contributed by atoms with E-state index in [-0.39, 0.29) is 12.6 Å². The third-order valence-electron chi connectivity index (χ3n) is 2.91. The fourth-order valence-corrected chi connectivity index (χ4v) is 1.97. The van der Waals surface area contributed by atoms with Gasteiger partial charge in [0, 0.05) is 45.3 Å². The molecule has 110 valence electrons. The molecule has 5 nitrogen and oxygen atoms in total. The first-order chi connectivity index (χ1) is 8.90. The molecule has 1 N–H and O–H groups in total. The molecule has 0 amide bonds. The molecule has 0 aromatic rings. The minimum atomic E-state index is -0.433. The SMILES string of the molecule is CC(C)(C)OC(=O)/C=C/CN1CCN(CCO)CC1. The predicted octanol–water partition coefficient (Wildman–Crippen LogP) is 0.494. The van der Waals surface area contributed by atoms with Crippen LogP contribution in [0.25, 0.3) is 0 Å². The van der Waals surface area contributed by atoms with Crippen molar-refractivity contribution in [2.75, 3.05) is 45.9 Å². The van der Waals surface area contributed by atoms with Gasteiger partial charge in [-0.05, 0) is 20.8 Å². The first-order valence-corrected chi connectivity index (χ1v) is 6.86. The normalized spacial score (nSPS) is 18.9. The van der Waals surface area contributed by atoms with Crippen molar-refractivity contribution < 1.29 is 14.6 Å². The third kappa shape index (κ3) is 7.30. The second-order valence-electron chi connectivity index (χ2n) is 5.80. The van der Waals surface area contributed by atoms with Crippen LogP contribution >= 0.6 is 0 Å². The van der Waals surface area contributed by atoms with Gasteiger partial charge < -0.3 is 9.84 Å². The van der Waals surface area contributed by atoms with E-state index in [4.69, 9.17) is 9.84 Å². The zero-order valence-electron chi connectivity index (χ0n) is 12.3. The highest BCUT2D eigenvalue weighted by molar-refractivity contribution is 5.82. The van der Waals surface area contributed by atoms with Gasteiger partial charge in [-0.3, -0.25) is 9.80 Å². The van der Waals surface area contributed by atoms with Crippen LogP contribution < -0.4 is 0 Å². The highest BCUT2D eigenvalue weighted by Gasteiger charge is 2.16. The smallest absolute Gasteiger partial charge is 0.330 e. The van der Waals surface area contributed by atoms with Crippen molar-refractivity contribution >= 4 is 5.97 Å². The summed E-state index contributed by atoms with van der Waals surface area (Å²) in [7, 11) is 0. The molecule has 0 bridgehead atoms. The molecular weight excluding hydrogens is 244 g/mol. The molecule has 0 aromatic heterocycles. The van der Waals surface area contributed by atoms with Gasteiger partial charge in [-0.15, -0.1) is 0 Å². The molecule has 0 aliphatic carbocycles. The van der Waals surface area contributed by atoms with E-state index in [1.807, 2.05) is 26.8 Å². The van der Waals surface area contributed by atoms with Gasteiger partial charge in [0.2, 0.25) is 0 Å². The first kappa shape index (κ1) is 16.1. The Morgan fingerprint density at radius 2 is 1.79 bits per heavy atom. The summed E-state index contributed by atoms with van der Waals surface area (Å²) in [5, 5.41) is 8.86. The quantitative estimate of drug-likeness (QED) is 0.582. The Balaban J connectivity index is 2.21. The second kappa shape index (κ2) is 7.62. The molecular formula is C14H26N2O3. The van der Waals surface area contributed by atoms with Gasteiger partial charge in [0.15, 0.2) is 0 Å². The third-order valence-corrected chi connectivity index (χ3v) is 2.91. The summed E-state index contributed by atoms with van der Waals surface area (Å²) in [6, 6.07) is 0. The van der Waals surface area contributed by atoms with E-state index in [1.165, 1.54) is 6.08 Å². The fourth-order valence-electron chi connectivity index (χ4n) is 1.97. The van der Waals surface area contributed by atoms with Crippen molar-refractivity contribution in [1.29, 1.82) is 0 Å². The first-order valence-electron chi connectivity index (χ1n) is 6.86. The molecule has 0 aromatic carbocycles. The number of hydrogen-bond acceptors (Lipinski definition) is 5. The summed E-state index contributed by atoms with van der Waals surface area (Å²) >= 11 is 0. The van der Waals surface area contributed by atoms with E-state index in [0.29, 0.717) is 0 Å². The average Bonchev–Trinajstić information content (AvgIpc) is 2.29. The number of piperazine rings is 1. The van der Waals surface area contributed by atoms with Crippen molar-refractivity contribution in [3.63, 3.8) is 0 Å². The van der Waals surface area contributed by atoms with Crippen LogP contribution in [0.3, 0.4) is 0 Å². The number of aliphatic hydroxyl groups excluding tert-OH is 1. The molecule has 1 saturated heterocycles. The van der Waals surface area contributed by atoms with E-state index in [1.54, 1.807) is 0 Å². The molecule has 1 rings (SSSR count). The Kier molecular flexibility index (Phi) is 6.48. The van der Waals surface area contributed by atoms with Gasteiger partial charge in [-0.25, -0.2) is 4.79 Å². The number of hydrogen-bond donors (Lipinski definition) is 1. The van der Waals surface area contributed by atoms with Crippen LogP contribution in [-0.2, 0) is 9.53 Å². The standard InChI is InChI=1S/C14H26N2O3/c1-14(2,3)19-13(18)5-4-6-15-7-9-16(10-8-15)11-12-17/h4-5,17H,6-12H2,1-3H3/b5-4+. The van der Waals surface area contributed by atoms with Gasteiger partial charge in [-0.2, -0.15) is 0 Å². The summed E-state index contributed by atoms with van der Waals surface area (Å²) in [6.07, 6.45) is 3.36. The number of β-amino-alcohol motifs (C(OH)–C–C–N with tert-alkyl or cyclic N) is 1. The minimum Gasteiger partial charge on any atom is -0.457 e. The zero-order chi connectivity index (χ0) is 14.3. The predicted molar refractivity (Wildman–Crippen MR) is 75.0 cm³/mol. The van der Waals surface area contributed by atoms with Crippen molar-refractivity contribution in [3.8, 4) is 0 Å². The molecule has 19 heavy (non-hydrogen) atoms. The van der Waals surface area contributed by atoms with Crippen LogP contribution in [0.4, 0.5) is 0 Å². The van der Waals surface area contributed by atoms with Gasteiger partial charge in [0.25, 0.3) is 0 Å². The van der Waals surface area contributed by atoms with Gasteiger partial charge in [0.1, 0.15) is 5.60 Å². The topological polar surface area (TPSA) is 53.0 Å². The maximum Gasteiger partial charge on any atom is 0.330 e. The van der Waals surface area contributed by atoms with Crippen molar-refractivity contribution in [3.05, 3.63) is 12.2 Å². The summed E-state index contributed by atoms with van der Waals surface area (Å²) < 4.78 is 5.20. The van der Waals surface area contributed by atoms with Gasteiger partial charge in [0.05, 0.1) is 6.61 Å².